The molecule has 0 spiro atoms. The van der Waals surface area contributed by atoms with Crippen molar-refractivity contribution in [3.63, 3.8) is 0 Å². The van der Waals surface area contributed by atoms with E-state index in [0.717, 1.165) is 6.26 Å². The van der Waals surface area contributed by atoms with Crippen molar-refractivity contribution in [3.8, 4) is 0 Å². The number of nitro groups is 1. The summed E-state index contributed by atoms with van der Waals surface area (Å²) in [7, 11) is -3.65. The summed E-state index contributed by atoms with van der Waals surface area (Å²) in [6, 6.07) is 3.93. The van der Waals surface area contributed by atoms with Crippen LogP contribution in [0, 0.1) is 10.1 Å². The monoisotopic (exact) mass is 270 g/mol. The number of hydrogen-bond acceptors (Lipinski definition) is 5. The van der Waals surface area contributed by atoms with Gasteiger partial charge in [-0.1, -0.05) is 12.1 Å². The lowest BCUT2D eigenvalue weighted by Gasteiger charge is -2.12. The second-order valence-corrected chi connectivity index (χ2v) is 5.83. The molecular weight excluding hydrogens is 256 g/mol. The molecule has 1 rings (SSSR count). The van der Waals surface area contributed by atoms with Gasteiger partial charge in [0.1, 0.15) is 10.6 Å². The molecule has 0 aliphatic heterocycles. The summed E-state index contributed by atoms with van der Waals surface area (Å²) in [5.74, 6) is 0. The largest absolute Gasteiger partial charge is 0.374 e. The van der Waals surface area contributed by atoms with Gasteiger partial charge in [-0.2, -0.15) is 0 Å². The van der Waals surface area contributed by atoms with E-state index in [2.05, 4.69) is 11.9 Å². The fourth-order valence-electron chi connectivity index (χ4n) is 1.43. The highest BCUT2D eigenvalue weighted by Gasteiger charge is 2.26. The fraction of sp³-hybridized carbons (Fsp3) is 0.273. The molecule has 0 saturated carbocycles. The lowest BCUT2D eigenvalue weighted by molar-refractivity contribution is -0.386. The van der Waals surface area contributed by atoms with Gasteiger partial charge in [-0.15, -0.1) is 6.58 Å². The molecule has 0 heterocycles. The van der Waals surface area contributed by atoms with Crippen molar-refractivity contribution in [1.82, 2.24) is 0 Å². The highest BCUT2D eigenvalue weighted by molar-refractivity contribution is 7.90. The molecule has 1 atom stereocenters. The van der Waals surface area contributed by atoms with Gasteiger partial charge in [0.2, 0.25) is 0 Å². The summed E-state index contributed by atoms with van der Waals surface area (Å²) in [5.41, 5.74) is -0.274. The zero-order chi connectivity index (χ0) is 13.9. The molecular formula is C11H14N2O4S. The molecule has 0 aliphatic rings. The Bertz CT molecular complexity index is 581. The van der Waals surface area contributed by atoms with Crippen LogP contribution in [0.4, 0.5) is 11.4 Å². The number of para-hydroxylation sites is 1. The molecule has 0 saturated heterocycles. The summed E-state index contributed by atoms with van der Waals surface area (Å²) >= 11 is 0. The molecule has 1 aromatic rings. The molecule has 0 bridgehead atoms. The number of nitrogens with one attached hydrogen (secondary N) is 1. The first-order chi connectivity index (χ1) is 8.27. The van der Waals surface area contributed by atoms with Crippen molar-refractivity contribution in [2.75, 3.05) is 11.6 Å². The van der Waals surface area contributed by atoms with E-state index in [1.165, 1.54) is 18.2 Å². The van der Waals surface area contributed by atoms with Gasteiger partial charge in [0.05, 0.1) is 4.92 Å². The molecule has 0 aromatic heterocycles. The van der Waals surface area contributed by atoms with Crippen LogP contribution in [0.2, 0.25) is 0 Å². The number of nitrogens with zero attached hydrogens (tertiary/aromatic N) is 1. The van der Waals surface area contributed by atoms with E-state index >= 15 is 0 Å². The molecule has 0 amide bonds. The van der Waals surface area contributed by atoms with Crippen LogP contribution in [0.1, 0.15) is 6.92 Å². The van der Waals surface area contributed by atoms with E-state index in [1.54, 1.807) is 13.0 Å². The van der Waals surface area contributed by atoms with Gasteiger partial charge in [-0.05, 0) is 19.1 Å². The lowest BCUT2D eigenvalue weighted by Crippen LogP contribution is -2.14. The van der Waals surface area contributed by atoms with E-state index in [4.69, 9.17) is 0 Å². The summed E-state index contributed by atoms with van der Waals surface area (Å²) < 4.78 is 23.0. The van der Waals surface area contributed by atoms with Crippen LogP contribution in [-0.2, 0) is 9.84 Å². The van der Waals surface area contributed by atoms with E-state index in [9.17, 15) is 18.5 Å². The first-order valence-corrected chi connectivity index (χ1v) is 7.03. The van der Waals surface area contributed by atoms with Crippen LogP contribution in [0.3, 0.4) is 0 Å². The second kappa shape index (κ2) is 5.18. The Morgan fingerprint density at radius 2 is 2.11 bits per heavy atom. The maximum Gasteiger partial charge on any atom is 0.310 e. The summed E-state index contributed by atoms with van der Waals surface area (Å²) in [6.45, 7) is 5.31. The van der Waals surface area contributed by atoms with E-state index < -0.39 is 20.4 Å². The van der Waals surface area contributed by atoms with Crippen molar-refractivity contribution in [2.24, 2.45) is 0 Å². The zero-order valence-electron chi connectivity index (χ0n) is 10.1. The second-order valence-electron chi connectivity index (χ2n) is 3.85. The van der Waals surface area contributed by atoms with Crippen molar-refractivity contribution in [1.29, 1.82) is 0 Å². The minimum absolute atomic E-state index is 0.162. The van der Waals surface area contributed by atoms with Crippen LogP contribution in [0.25, 0.3) is 0 Å². The first-order valence-electron chi connectivity index (χ1n) is 5.14. The van der Waals surface area contributed by atoms with Crippen LogP contribution in [0.5, 0.6) is 0 Å². The number of anilines is 1. The number of rotatable bonds is 5. The Balaban J connectivity index is 3.45. The van der Waals surface area contributed by atoms with Crippen molar-refractivity contribution in [3.05, 3.63) is 41.0 Å². The van der Waals surface area contributed by atoms with E-state index in [-0.39, 0.29) is 16.6 Å². The molecule has 1 N–H and O–H groups in total. The van der Waals surface area contributed by atoms with Gasteiger partial charge in [-0.25, -0.2) is 8.42 Å². The van der Waals surface area contributed by atoms with Crippen LogP contribution in [-0.4, -0.2) is 25.6 Å². The number of sulfone groups is 1. The van der Waals surface area contributed by atoms with Crippen molar-refractivity contribution in [2.45, 2.75) is 17.9 Å². The van der Waals surface area contributed by atoms with Crippen molar-refractivity contribution < 1.29 is 13.3 Å². The van der Waals surface area contributed by atoms with Gasteiger partial charge >= 0.3 is 5.69 Å². The Morgan fingerprint density at radius 1 is 1.50 bits per heavy atom. The molecule has 0 radical (unpaired) electrons. The van der Waals surface area contributed by atoms with Gasteiger partial charge in [0.15, 0.2) is 9.84 Å². The maximum atomic E-state index is 11.5. The van der Waals surface area contributed by atoms with E-state index in [1.807, 2.05) is 0 Å². The molecule has 98 valence electrons. The van der Waals surface area contributed by atoms with Crippen molar-refractivity contribution >= 4 is 21.2 Å². The number of benzene rings is 1. The van der Waals surface area contributed by atoms with Gasteiger partial charge in [0.25, 0.3) is 0 Å². The highest BCUT2D eigenvalue weighted by Crippen LogP contribution is 2.32. The van der Waals surface area contributed by atoms with Gasteiger partial charge in [-0.3, -0.25) is 10.1 Å². The number of nitro benzene ring substituents is 1. The highest BCUT2D eigenvalue weighted by atomic mass is 32.2. The summed E-state index contributed by atoms with van der Waals surface area (Å²) in [6.07, 6.45) is 2.51. The fourth-order valence-corrected chi connectivity index (χ4v) is 2.29. The summed E-state index contributed by atoms with van der Waals surface area (Å²) in [4.78, 5) is 10.0. The maximum absolute atomic E-state index is 11.5. The Labute approximate surface area is 105 Å². The standard InChI is InChI=1S/C11H14N2O4S/c1-4-8(2)12-9-6-5-7-10(18(3,16)17)11(9)13(14)15/h4-8,12H,1H2,2-3H3. The molecule has 1 unspecified atom stereocenters. The Morgan fingerprint density at radius 3 is 2.56 bits per heavy atom. The average Bonchev–Trinajstić information content (AvgIpc) is 2.27. The zero-order valence-corrected chi connectivity index (χ0v) is 10.9. The third-order valence-corrected chi connectivity index (χ3v) is 3.45. The topological polar surface area (TPSA) is 89.3 Å². The van der Waals surface area contributed by atoms with Crippen LogP contribution >= 0.6 is 0 Å². The predicted molar refractivity (Wildman–Crippen MR) is 69.5 cm³/mol. The minimum Gasteiger partial charge on any atom is -0.374 e. The molecule has 0 fully saturated rings. The quantitative estimate of drug-likeness (QED) is 0.502. The van der Waals surface area contributed by atoms with Gasteiger partial charge < -0.3 is 5.32 Å². The molecule has 1 aromatic carbocycles. The van der Waals surface area contributed by atoms with E-state index in [0.29, 0.717) is 0 Å². The van der Waals surface area contributed by atoms with Gasteiger partial charge in [0, 0.05) is 12.3 Å². The average molecular weight is 270 g/mol. The minimum atomic E-state index is -3.65. The number of hydrogen-bond donors (Lipinski definition) is 1. The SMILES string of the molecule is C=CC(C)Nc1cccc(S(C)(=O)=O)c1[N+](=O)[O-]. The lowest BCUT2D eigenvalue weighted by atomic mass is 10.2. The normalized spacial score (nSPS) is 12.8. The third-order valence-electron chi connectivity index (χ3n) is 2.32. The molecule has 0 aliphatic carbocycles. The Kier molecular flexibility index (Phi) is 4.07. The predicted octanol–water partition coefficient (Wildman–Crippen LogP) is 1.98. The third kappa shape index (κ3) is 3.07. The van der Waals surface area contributed by atoms with Crippen LogP contribution in [0.15, 0.2) is 35.7 Å². The van der Waals surface area contributed by atoms with Crippen LogP contribution < -0.4 is 5.32 Å². The Hall–Kier alpha value is -1.89. The molecule has 7 heteroatoms. The molecule has 18 heavy (non-hydrogen) atoms. The first kappa shape index (κ1) is 14.2. The summed E-state index contributed by atoms with van der Waals surface area (Å²) in [5, 5.41) is 13.9. The smallest absolute Gasteiger partial charge is 0.310 e. The molecule has 6 nitrogen and oxygen atoms in total.